The van der Waals surface area contributed by atoms with Crippen molar-refractivity contribution < 1.29 is 9.53 Å². The molecule has 0 saturated heterocycles. The van der Waals surface area contributed by atoms with E-state index in [-0.39, 0.29) is 12.0 Å². The number of aryl methyl sites for hydroxylation is 1. The summed E-state index contributed by atoms with van der Waals surface area (Å²) in [4.78, 5) is 11.6. The van der Waals surface area contributed by atoms with Gasteiger partial charge in [0.05, 0.1) is 18.8 Å². The zero-order valence-corrected chi connectivity index (χ0v) is 9.36. The number of carbonyl (C=O) groups is 1. The van der Waals surface area contributed by atoms with Crippen molar-refractivity contribution in [2.45, 2.75) is 26.8 Å². The van der Waals surface area contributed by atoms with E-state index in [0.29, 0.717) is 18.8 Å². The molecule has 2 N–H and O–H groups in total. The lowest BCUT2D eigenvalue weighted by atomic mass is 10.2. The molecule has 84 valence electrons. The van der Waals surface area contributed by atoms with Crippen LogP contribution in [0.1, 0.15) is 35.9 Å². The Hall–Kier alpha value is -1.36. The van der Waals surface area contributed by atoms with Crippen LogP contribution < -0.4 is 5.73 Å². The lowest BCUT2D eigenvalue weighted by molar-refractivity contribution is 0.0508. The summed E-state index contributed by atoms with van der Waals surface area (Å²) in [7, 11) is 0. The number of nitrogens with zero attached hydrogens (tertiary/aromatic N) is 2. The van der Waals surface area contributed by atoms with Gasteiger partial charge in [-0.3, -0.25) is 4.68 Å². The van der Waals surface area contributed by atoms with Gasteiger partial charge >= 0.3 is 5.97 Å². The van der Waals surface area contributed by atoms with E-state index in [0.717, 1.165) is 5.56 Å². The first kappa shape index (κ1) is 11.7. The maximum atomic E-state index is 11.6. The second-order valence-electron chi connectivity index (χ2n) is 3.43. The molecule has 0 aliphatic heterocycles. The van der Waals surface area contributed by atoms with E-state index in [2.05, 4.69) is 5.10 Å². The fraction of sp³-hybridized carbons (Fsp3) is 0.600. The molecule has 0 amide bonds. The van der Waals surface area contributed by atoms with Crippen LogP contribution >= 0.6 is 0 Å². The molecule has 1 heterocycles. The van der Waals surface area contributed by atoms with Gasteiger partial charge in [-0.25, -0.2) is 4.79 Å². The van der Waals surface area contributed by atoms with Crippen molar-refractivity contribution in [3.63, 3.8) is 0 Å². The first-order valence-electron chi connectivity index (χ1n) is 5.03. The molecule has 0 saturated carbocycles. The molecule has 0 bridgehead atoms. The maximum absolute atomic E-state index is 11.6. The molecule has 1 rings (SSSR count). The first-order valence-corrected chi connectivity index (χ1v) is 5.03. The summed E-state index contributed by atoms with van der Waals surface area (Å²) in [5.74, 6) is -0.340. The van der Waals surface area contributed by atoms with Crippen LogP contribution in [0.3, 0.4) is 0 Å². The molecule has 1 atom stereocenters. The van der Waals surface area contributed by atoms with Gasteiger partial charge in [0, 0.05) is 12.1 Å². The number of rotatable bonds is 4. The van der Waals surface area contributed by atoms with Gasteiger partial charge in [0.1, 0.15) is 5.69 Å². The lowest BCUT2D eigenvalue weighted by Gasteiger charge is -2.13. The van der Waals surface area contributed by atoms with Crippen molar-refractivity contribution in [2.75, 3.05) is 13.2 Å². The molecule has 5 nitrogen and oxygen atoms in total. The Bertz CT molecular complexity index is 346. The summed E-state index contributed by atoms with van der Waals surface area (Å²) in [5, 5.41) is 4.13. The molecule has 0 radical (unpaired) electrons. The van der Waals surface area contributed by atoms with E-state index in [1.165, 1.54) is 0 Å². The van der Waals surface area contributed by atoms with Gasteiger partial charge in [-0.1, -0.05) is 0 Å². The Morgan fingerprint density at radius 2 is 2.40 bits per heavy atom. The van der Waals surface area contributed by atoms with Crippen LogP contribution in [0, 0.1) is 6.92 Å². The minimum atomic E-state index is -0.340. The molecule has 1 aromatic rings. The minimum Gasteiger partial charge on any atom is -0.461 e. The van der Waals surface area contributed by atoms with Crippen LogP contribution in [0.25, 0.3) is 0 Å². The standard InChI is InChI=1S/C10H17N3O2/c1-4-15-10(14)9-7(2)6-12-13(9)8(3)5-11/h6,8H,4-5,11H2,1-3H3. The first-order chi connectivity index (χ1) is 7.11. The Labute approximate surface area is 89.2 Å². The van der Waals surface area contributed by atoms with Gasteiger partial charge in [-0.2, -0.15) is 5.10 Å². The van der Waals surface area contributed by atoms with Crippen LogP contribution in [0.15, 0.2) is 6.20 Å². The SMILES string of the molecule is CCOC(=O)c1c(C)cnn1C(C)CN. The summed E-state index contributed by atoms with van der Waals surface area (Å²) in [6.07, 6.45) is 1.65. The van der Waals surface area contributed by atoms with Gasteiger partial charge in [-0.05, 0) is 20.8 Å². The molecule has 15 heavy (non-hydrogen) atoms. The predicted molar refractivity (Wildman–Crippen MR) is 56.7 cm³/mol. The number of hydrogen-bond donors (Lipinski definition) is 1. The third-order valence-electron chi connectivity index (χ3n) is 2.21. The fourth-order valence-electron chi connectivity index (χ4n) is 1.34. The van der Waals surface area contributed by atoms with Crippen molar-refractivity contribution >= 4 is 5.97 Å². The molecular weight excluding hydrogens is 194 g/mol. The van der Waals surface area contributed by atoms with E-state index in [4.69, 9.17) is 10.5 Å². The van der Waals surface area contributed by atoms with Crippen LogP contribution in [0.4, 0.5) is 0 Å². The predicted octanol–water partition coefficient (Wildman–Crippen LogP) is 0.888. The van der Waals surface area contributed by atoms with Crippen molar-refractivity contribution in [3.05, 3.63) is 17.5 Å². The molecule has 1 aromatic heterocycles. The fourth-order valence-corrected chi connectivity index (χ4v) is 1.34. The highest BCUT2D eigenvalue weighted by molar-refractivity contribution is 5.89. The summed E-state index contributed by atoms with van der Waals surface area (Å²) in [6.45, 7) is 6.32. The zero-order valence-electron chi connectivity index (χ0n) is 9.36. The summed E-state index contributed by atoms with van der Waals surface area (Å²) >= 11 is 0. The number of esters is 1. The van der Waals surface area contributed by atoms with E-state index in [9.17, 15) is 4.79 Å². The lowest BCUT2D eigenvalue weighted by Crippen LogP contribution is -2.22. The maximum Gasteiger partial charge on any atom is 0.356 e. The molecule has 0 spiro atoms. The van der Waals surface area contributed by atoms with Gasteiger partial charge in [0.2, 0.25) is 0 Å². The van der Waals surface area contributed by atoms with Crippen LogP contribution in [-0.4, -0.2) is 28.9 Å². The van der Waals surface area contributed by atoms with Crippen molar-refractivity contribution in [3.8, 4) is 0 Å². The highest BCUT2D eigenvalue weighted by Crippen LogP contribution is 2.13. The quantitative estimate of drug-likeness (QED) is 0.751. The summed E-state index contributed by atoms with van der Waals surface area (Å²) < 4.78 is 6.58. The number of aromatic nitrogens is 2. The Kier molecular flexibility index (Phi) is 3.85. The Morgan fingerprint density at radius 1 is 1.73 bits per heavy atom. The molecule has 0 fully saturated rings. The largest absolute Gasteiger partial charge is 0.461 e. The summed E-state index contributed by atoms with van der Waals surface area (Å²) in [5.41, 5.74) is 6.85. The van der Waals surface area contributed by atoms with E-state index in [1.807, 2.05) is 13.8 Å². The minimum absolute atomic E-state index is 0.00175. The van der Waals surface area contributed by atoms with Crippen molar-refractivity contribution in [1.29, 1.82) is 0 Å². The molecule has 0 aliphatic rings. The van der Waals surface area contributed by atoms with Crippen LogP contribution in [0.2, 0.25) is 0 Å². The highest BCUT2D eigenvalue weighted by Gasteiger charge is 2.19. The van der Waals surface area contributed by atoms with E-state index in [1.54, 1.807) is 17.8 Å². The molecular formula is C10H17N3O2. The number of carbonyl (C=O) groups excluding carboxylic acids is 1. The summed E-state index contributed by atoms with van der Waals surface area (Å²) in [6, 6.07) is -0.00175. The Balaban J connectivity index is 3.03. The van der Waals surface area contributed by atoms with Gasteiger partial charge in [0.25, 0.3) is 0 Å². The second kappa shape index (κ2) is 4.93. The molecule has 1 unspecified atom stereocenters. The van der Waals surface area contributed by atoms with Crippen molar-refractivity contribution in [2.24, 2.45) is 5.73 Å². The van der Waals surface area contributed by atoms with E-state index >= 15 is 0 Å². The third-order valence-corrected chi connectivity index (χ3v) is 2.21. The van der Waals surface area contributed by atoms with Gasteiger partial charge in [-0.15, -0.1) is 0 Å². The number of ether oxygens (including phenoxy) is 1. The number of hydrogen-bond acceptors (Lipinski definition) is 4. The second-order valence-corrected chi connectivity index (χ2v) is 3.43. The number of nitrogens with two attached hydrogens (primary N) is 1. The monoisotopic (exact) mass is 211 g/mol. The van der Waals surface area contributed by atoms with Crippen molar-refractivity contribution in [1.82, 2.24) is 9.78 Å². The molecule has 5 heteroatoms. The average Bonchev–Trinajstić information content (AvgIpc) is 2.59. The Morgan fingerprint density at radius 3 is 2.93 bits per heavy atom. The third kappa shape index (κ3) is 2.36. The molecule has 0 aliphatic carbocycles. The highest BCUT2D eigenvalue weighted by atomic mass is 16.5. The van der Waals surface area contributed by atoms with E-state index < -0.39 is 0 Å². The smallest absolute Gasteiger partial charge is 0.356 e. The van der Waals surface area contributed by atoms with Gasteiger partial charge in [0.15, 0.2) is 0 Å². The normalized spacial score (nSPS) is 12.5. The average molecular weight is 211 g/mol. The molecule has 0 aromatic carbocycles. The van der Waals surface area contributed by atoms with Gasteiger partial charge < -0.3 is 10.5 Å². The topological polar surface area (TPSA) is 70.1 Å². The zero-order chi connectivity index (χ0) is 11.4. The van der Waals surface area contributed by atoms with Crippen LogP contribution in [-0.2, 0) is 4.74 Å². The van der Waals surface area contributed by atoms with Crippen LogP contribution in [0.5, 0.6) is 0 Å².